The number of pyridine rings is 1. The van der Waals surface area contributed by atoms with Gasteiger partial charge in [0.2, 0.25) is 5.79 Å². The Bertz CT molecular complexity index is 317. The third-order valence-electron chi connectivity index (χ3n) is 2.52. The van der Waals surface area contributed by atoms with Crippen LogP contribution in [0.25, 0.3) is 0 Å². The fourth-order valence-electron chi connectivity index (χ4n) is 1.69. The van der Waals surface area contributed by atoms with Crippen LogP contribution in [0.1, 0.15) is 19.0 Å². The van der Waals surface area contributed by atoms with Crippen LogP contribution in [-0.2, 0) is 15.3 Å². The molecule has 1 N–H and O–H groups in total. The van der Waals surface area contributed by atoms with Gasteiger partial charge in [-0.15, -0.1) is 0 Å². The zero-order chi connectivity index (χ0) is 10.7. The van der Waals surface area contributed by atoms with Crippen LogP contribution in [0, 0.1) is 0 Å². The molecule has 0 aromatic carbocycles. The van der Waals surface area contributed by atoms with E-state index in [9.17, 15) is 0 Å². The van der Waals surface area contributed by atoms with Crippen molar-refractivity contribution in [3.63, 3.8) is 0 Å². The molecular weight excluding hydrogens is 194 g/mol. The molecule has 2 atom stereocenters. The normalized spacial score (nSPS) is 30.7. The molecule has 1 aliphatic rings. The number of rotatable bonds is 3. The van der Waals surface area contributed by atoms with Gasteiger partial charge in [-0.3, -0.25) is 4.98 Å². The Hall–Kier alpha value is -0.970. The highest BCUT2D eigenvalue weighted by molar-refractivity contribution is 5.10. The lowest BCUT2D eigenvalue weighted by atomic mass is 10.2. The summed E-state index contributed by atoms with van der Waals surface area (Å²) >= 11 is 0. The van der Waals surface area contributed by atoms with E-state index < -0.39 is 5.79 Å². The van der Waals surface area contributed by atoms with E-state index in [4.69, 9.17) is 14.6 Å². The fraction of sp³-hybridized carbons (Fsp3) is 0.545. The summed E-state index contributed by atoms with van der Waals surface area (Å²) in [5.74, 6) is -0.763. The molecule has 0 saturated carbocycles. The first-order chi connectivity index (χ1) is 7.24. The molecule has 1 saturated heterocycles. The molecule has 0 amide bonds. The van der Waals surface area contributed by atoms with Crippen LogP contribution >= 0.6 is 0 Å². The van der Waals surface area contributed by atoms with E-state index in [1.165, 1.54) is 0 Å². The lowest BCUT2D eigenvalue weighted by molar-refractivity contribution is -0.165. The summed E-state index contributed by atoms with van der Waals surface area (Å²) in [5, 5.41) is 8.82. The Morgan fingerprint density at radius 3 is 3.13 bits per heavy atom. The predicted molar refractivity (Wildman–Crippen MR) is 54.1 cm³/mol. The average Bonchev–Trinajstić information content (AvgIpc) is 2.64. The highest BCUT2D eigenvalue weighted by Gasteiger charge is 2.39. The van der Waals surface area contributed by atoms with Crippen LogP contribution < -0.4 is 0 Å². The summed E-state index contributed by atoms with van der Waals surface area (Å²) in [6.45, 7) is 2.48. The van der Waals surface area contributed by atoms with Crippen LogP contribution in [0.15, 0.2) is 24.4 Å². The SMILES string of the molecule is CC1(c2ccccn2)OCC(CCO)O1. The summed E-state index contributed by atoms with van der Waals surface area (Å²) in [7, 11) is 0. The molecule has 0 bridgehead atoms. The smallest absolute Gasteiger partial charge is 0.209 e. The first-order valence-electron chi connectivity index (χ1n) is 5.09. The van der Waals surface area contributed by atoms with E-state index in [-0.39, 0.29) is 12.7 Å². The van der Waals surface area contributed by atoms with Gasteiger partial charge in [-0.2, -0.15) is 0 Å². The van der Waals surface area contributed by atoms with Gasteiger partial charge in [0, 0.05) is 12.8 Å². The zero-order valence-corrected chi connectivity index (χ0v) is 8.72. The van der Waals surface area contributed by atoms with Crippen molar-refractivity contribution in [1.29, 1.82) is 0 Å². The third-order valence-corrected chi connectivity index (χ3v) is 2.52. The van der Waals surface area contributed by atoms with Crippen molar-refractivity contribution < 1.29 is 14.6 Å². The number of hydrogen-bond acceptors (Lipinski definition) is 4. The Kier molecular flexibility index (Phi) is 3.00. The van der Waals surface area contributed by atoms with Gasteiger partial charge in [-0.25, -0.2) is 0 Å². The summed E-state index contributed by atoms with van der Waals surface area (Å²) in [5.41, 5.74) is 0.769. The van der Waals surface area contributed by atoms with Gasteiger partial charge in [0.25, 0.3) is 0 Å². The van der Waals surface area contributed by atoms with Crippen molar-refractivity contribution in [2.45, 2.75) is 25.2 Å². The molecule has 1 aromatic heterocycles. The number of hydrogen-bond donors (Lipinski definition) is 1. The second-order valence-electron chi connectivity index (χ2n) is 3.72. The van der Waals surface area contributed by atoms with Gasteiger partial charge in [0.15, 0.2) is 0 Å². The highest BCUT2D eigenvalue weighted by atomic mass is 16.7. The minimum Gasteiger partial charge on any atom is -0.396 e. The van der Waals surface area contributed by atoms with Crippen molar-refractivity contribution in [2.24, 2.45) is 0 Å². The van der Waals surface area contributed by atoms with E-state index in [1.54, 1.807) is 6.20 Å². The molecular formula is C11H15NO3. The molecule has 1 aliphatic heterocycles. The molecule has 82 valence electrons. The predicted octanol–water partition coefficient (Wildman–Crippen LogP) is 1.05. The van der Waals surface area contributed by atoms with Gasteiger partial charge in [-0.05, 0) is 25.5 Å². The molecule has 0 spiro atoms. The fourth-order valence-corrected chi connectivity index (χ4v) is 1.69. The maximum atomic E-state index is 8.82. The van der Waals surface area contributed by atoms with Crippen LogP contribution in [0.4, 0.5) is 0 Å². The van der Waals surface area contributed by atoms with E-state index in [0.29, 0.717) is 13.0 Å². The van der Waals surface area contributed by atoms with E-state index in [0.717, 1.165) is 5.69 Å². The van der Waals surface area contributed by atoms with E-state index >= 15 is 0 Å². The number of ether oxygens (including phenoxy) is 2. The number of aliphatic hydroxyl groups excluding tert-OH is 1. The summed E-state index contributed by atoms with van der Waals surface area (Å²) in [4.78, 5) is 4.21. The standard InChI is InChI=1S/C11H15NO3/c1-11(10-4-2-3-6-12-10)14-8-9(15-11)5-7-13/h2-4,6,9,13H,5,7-8H2,1H3. The lowest BCUT2D eigenvalue weighted by Gasteiger charge is -2.22. The second kappa shape index (κ2) is 4.26. The Morgan fingerprint density at radius 2 is 2.47 bits per heavy atom. The Morgan fingerprint density at radius 1 is 1.60 bits per heavy atom. The van der Waals surface area contributed by atoms with Gasteiger partial charge < -0.3 is 14.6 Å². The van der Waals surface area contributed by atoms with Crippen LogP contribution in [-0.4, -0.2) is 29.4 Å². The van der Waals surface area contributed by atoms with Gasteiger partial charge >= 0.3 is 0 Å². The minimum absolute atomic E-state index is 0.0398. The topological polar surface area (TPSA) is 51.6 Å². The number of aliphatic hydroxyl groups is 1. The molecule has 4 nitrogen and oxygen atoms in total. The van der Waals surface area contributed by atoms with Crippen molar-refractivity contribution in [2.75, 3.05) is 13.2 Å². The van der Waals surface area contributed by atoms with Gasteiger partial charge in [-0.1, -0.05) is 6.07 Å². The van der Waals surface area contributed by atoms with Crippen LogP contribution in [0.5, 0.6) is 0 Å². The van der Waals surface area contributed by atoms with Crippen molar-refractivity contribution in [1.82, 2.24) is 4.98 Å². The molecule has 0 radical (unpaired) electrons. The van der Waals surface area contributed by atoms with Crippen molar-refractivity contribution in [3.05, 3.63) is 30.1 Å². The number of nitrogens with zero attached hydrogens (tertiary/aromatic N) is 1. The van der Waals surface area contributed by atoms with Crippen LogP contribution in [0.3, 0.4) is 0 Å². The minimum atomic E-state index is -0.763. The Balaban J connectivity index is 2.10. The first-order valence-corrected chi connectivity index (χ1v) is 5.09. The lowest BCUT2D eigenvalue weighted by Crippen LogP contribution is -2.25. The number of aromatic nitrogens is 1. The molecule has 0 aliphatic carbocycles. The molecule has 2 heterocycles. The summed E-state index contributed by atoms with van der Waals surface area (Å²) in [6, 6.07) is 5.63. The molecule has 2 rings (SSSR count). The van der Waals surface area contributed by atoms with Gasteiger partial charge in [0.05, 0.1) is 18.4 Å². The largest absolute Gasteiger partial charge is 0.396 e. The molecule has 4 heteroatoms. The first kappa shape index (κ1) is 10.5. The van der Waals surface area contributed by atoms with Gasteiger partial charge in [0.1, 0.15) is 0 Å². The molecule has 15 heavy (non-hydrogen) atoms. The van der Waals surface area contributed by atoms with E-state index in [1.807, 2.05) is 25.1 Å². The molecule has 2 unspecified atom stereocenters. The maximum absolute atomic E-state index is 8.82. The van der Waals surface area contributed by atoms with E-state index in [2.05, 4.69) is 4.98 Å². The Labute approximate surface area is 88.9 Å². The summed E-state index contributed by atoms with van der Waals surface area (Å²) < 4.78 is 11.3. The second-order valence-corrected chi connectivity index (χ2v) is 3.72. The third kappa shape index (κ3) is 2.17. The molecule has 1 aromatic rings. The zero-order valence-electron chi connectivity index (χ0n) is 8.72. The monoisotopic (exact) mass is 209 g/mol. The quantitative estimate of drug-likeness (QED) is 0.808. The van der Waals surface area contributed by atoms with Crippen molar-refractivity contribution in [3.8, 4) is 0 Å². The highest BCUT2D eigenvalue weighted by Crippen LogP contribution is 2.33. The molecule has 1 fully saturated rings. The summed E-state index contributed by atoms with van der Waals surface area (Å²) in [6.07, 6.45) is 2.27. The van der Waals surface area contributed by atoms with Crippen LogP contribution in [0.2, 0.25) is 0 Å². The maximum Gasteiger partial charge on any atom is 0.209 e. The average molecular weight is 209 g/mol. The van der Waals surface area contributed by atoms with Crippen molar-refractivity contribution >= 4 is 0 Å².